The number of ether oxygens (including phenoxy) is 1. The lowest BCUT2D eigenvalue weighted by atomic mass is 10.2. The zero-order chi connectivity index (χ0) is 18.3. The van der Waals surface area contributed by atoms with E-state index in [0.717, 1.165) is 25.7 Å². The Hall–Kier alpha value is -2.62. The number of aromatic nitrogens is 2. The van der Waals surface area contributed by atoms with E-state index < -0.39 is 5.91 Å². The van der Waals surface area contributed by atoms with E-state index in [0.29, 0.717) is 23.8 Å². The molecule has 4 rings (SSSR count). The number of nitrogens with one attached hydrogen (secondary N) is 1. The van der Waals surface area contributed by atoms with Crippen LogP contribution >= 0.6 is 22.7 Å². The van der Waals surface area contributed by atoms with Gasteiger partial charge in [0.15, 0.2) is 11.6 Å². The Morgan fingerprint density at radius 2 is 2.12 bits per heavy atom. The molecule has 0 aromatic carbocycles. The predicted octanol–water partition coefficient (Wildman–Crippen LogP) is 3.21. The Morgan fingerprint density at radius 1 is 1.27 bits per heavy atom. The summed E-state index contributed by atoms with van der Waals surface area (Å²) in [5.74, 6) is 0.157. The fourth-order valence-corrected chi connectivity index (χ4v) is 4.24. The first kappa shape index (κ1) is 16.8. The van der Waals surface area contributed by atoms with Crippen LogP contribution in [0.15, 0.2) is 34.5 Å². The smallest absolute Gasteiger partial charge is 0.275 e. The van der Waals surface area contributed by atoms with E-state index in [1.165, 1.54) is 28.7 Å². The maximum atomic E-state index is 12.2. The minimum atomic E-state index is -0.416. The second kappa shape index (κ2) is 6.60. The Kier molecular flexibility index (Phi) is 4.27. The number of nitrogens with zero attached hydrogens (tertiary/aromatic N) is 3. The zero-order valence-corrected chi connectivity index (χ0v) is 15.6. The van der Waals surface area contributed by atoms with Crippen molar-refractivity contribution in [1.82, 2.24) is 15.0 Å². The third kappa shape index (κ3) is 2.79. The van der Waals surface area contributed by atoms with Crippen molar-refractivity contribution < 1.29 is 14.3 Å². The summed E-state index contributed by atoms with van der Waals surface area (Å²) in [5.41, 5.74) is 4.17. The highest BCUT2D eigenvalue weighted by Gasteiger charge is 2.30. The van der Waals surface area contributed by atoms with Gasteiger partial charge in [0.1, 0.15) is 4.83 Å². The van der Waals surface area contributed by atoms with Crippen LogP contribution in [0.3, 0.4) is 0 Å². The van der Waals surface area contributed by atoms with Gasteiger partial charge in [-0.05, 0) is 23.8 Å². The average molecular weight is 386 g/mol. The Morgan fingerprint density at radius 3 is 2.77 bits per heavy atom. The SMILES string of the molecule is COCc1csc2nc(-c3cccs3)nc(NN3C(=O)C=C(C)C3=O)c12. The molecule has 9 heteroatoms. The molecule has 0 unspecified atom stereocenters. The summed E-state index contributed by atoms with van der Waals surface area (Å²) in [6.45, 7) is 1.99. The third-order valence-electron chi connectivity index (χ3n) is 3.87. The Labute approximate surface area is 156 Å². The van der Waals surface area contributed by atoms with Gasteiger partial charge < -0.3 is 4.74 Å². The second-order valence-electron chi connectivity index (χ2n) is 5.67. The van der Waals surface area contributed by atoms with Crippen molar-refractivity contribution >= 4 is 50.5 Å². The number of methoxy groups -OCH3 is 1. The molecule has 0 saturated carbocycles. The summed E-state index contributed by atoms with van der Waals surface area (Å²) in [4.78, 5) is 35.2. The lowest BCUT2D eigenvalue weighted by Crippen LogP contribution is -2.36. The molecule has 0 aliphatic carbocycles. The third-order valence-corrected chi connectivity index (χ3v) is 5.66. The number of carbonyl (C=O) groups is 2. The van der Waals surface area contributed by atoms with Crippen LogP contribution in [0, 0.1) is 0 Å². The second-order valence-corrected chi connectivity index (χ2v) is 7.47. The molecule has 2 amide bonds. The summed E-state index contributed by atoms with van der Waals surface area (Å²) >= 11 is 3.00. The van der Waals surface area contributed by atoms with Gasteiger partial charge in [0.25, 0.3) is 11.8 Å². The summed E-state index contributed by atoms with van der Waals surface area (Å²) in [6, 6.07) is 3.85. The molecular weight excluding hydrogens is 372 g/mol. The Bertz CT molecular complexity index is 1040. The highest BCUT2D eigenvalue weighted by Crippen LogP contribution is 2.34. The van der Waals surface area contributed by atoms with Crippen molar-refractivity contribution in [2.24, 2.45) is 0 Å². The van der Waals surface area contributed by atoms with Crippen LogP contribution in [0.4, 0.5) is 5.82 Å². The Balaban J connectivity index is 1.83. The molecule has 132 valence electrons. The molecule has 7 nitrogen and oxygen atoms in total. The van der Waals surface area contributed by atoms with Gasteiger partial charge >= 0.3 is 0 Å². The van der Waals surface area contributed by atoms with Crippen molar-refractivity contribution in [2.45, 2.75) is 13.5 Å². The lowest BCUT2D eigenvalue weighted by Gasteiger charge is -2.17. The molecule has 3 aromatic rings. The number of hydrogen-bond acceptors (Lipinski definition) is 8. The van der Waals surface area contributed by atoms with Crippen LogP contribution in [0.5, 0.6) is 0 Å². The van der Waals surface area contributed by atoms with Gasteiger partial charge in [-0.25, -0.2) is 9.97 Å². The first-order valence-electron chi connectivity index (χ1n) is 7.72. The van der Waals surface area contributed by atoms with Crippen molar-refractivity contribution in [1.29, 1.82) is 0 Å². The van der Waals surface area contributed by atoms with E-state index in [4.69, 9.17) is 4.74 Å². The fourth-order valence-electron chi connectivity index (χ4n) is 2.66. The topological polar surface area (TPSA) is 84.4 Å². The number of thiophene rings is 2. The normalized spacial score (nSPS) is 14.4. The quantitative estimate of drug-likeness (QED) is 0.678. The van der Waals surface area contributed by atoms with Crippen LogP contribution in [-0.4, -0.2) is 33.9 Å². The number of hydrogen-bond donors (Lipinski definition) is 1. The maximum absolute atomic E-state index is 12.2. The molecule has 3 aromatic heterocycles. The van der Waals surface area contributed by atoms with E-state index in [-0.39, 0.29) is 5.91 Å². The number of amides is 2. The number of carbonyl (C=O) groups excluding carboxylic acids is 2. The molecule has 0 fully saturated rings. The van der Waals surface area contributed by atoms with Gasteiger partial charge in [0.2, 0.25) is 0 Å². The van der Waals surface area contributed by atoms with E-state index >= 15 is 0 Å². The molecule has 0 atom stereocenters. The molecule has 0 saturated heterocycles. The summed E-state index contributed by atoms with van der Waals surface area (Å²) in [7, 11) is 1.61. The minimum absolute atomic E-state index is 0.383. The van der Waals surface area contributed by atoms with Gasteiger partial charge in [-0.2, -0.15) is 5.01 Å². The highest BCUT2D eigenvalue weighted by atomic mass is 32.1. The van der Waals surface area contributed by atoms with E-state index in [2.05, 4.69) is 15.4 Å². The molecule has 0 radical (unpaired) electrons. The summed E-state index contributed by atoms with van der Waals surface area (Å²) < 4.78 is 5.25. The predicted molar refractivity (Wildman–Crippen MR) is 101 cm³/mol. The van der Waals surface area contributed by atoms with Gasteiger partial charge in [-0.1, -0.05) is 6.07 Å². The average Bonchev–Trinajstić information content (AvgIpc) is 3.33. The fraction of sp³-hybridized carbons (Fsp3) is 0.176. The molecule has 0 spiro atoms. The van der Waals surface area contributed by atoms with E-state index in [1.807, 2.05) is 22.9 Å². The van der Waals surface area contributed by atoms with Gasteiger partial charge in [0, 0.05) is 24.3 Å². The van der Waals surface area contributed by atoms with Gasteiger partial charge in [-0.3, -0.25) is 15.0 Å². The van der Waals surface area contributed by atoms with Crippen LogP contribution in [-0.2, 0) is 20.9 Å². The van der Waals surface area contributed by atoms with Crippen LogP contribution in [0.1, 0.15) is 12.5 Å². The monoisotopic (exact) mass is 386 g/mol. The zero-order valence-electron chi connectivity index (χ0n) is 14.0. The van der Waals surface area contributed by atoms with Crippen molar-refractivity contribution in [3.05, 3.63) is 40.1 Å². The largest absolute Gasteiger partial charge is 0.380 e. The number of fused-ring (bicyclic) bond motifs is 1. The molecule has 1 aliphatic rings. The van der Waals surface area contributed by atoms with E-state index in [1.54, 1.807) is 14.0 Å². The molecule has 0 bridgehead atoms. The molecule has 26 heavy (non-hydrogen) atoms. The molecule has 1 aliphatic heterocycles. The summed E-state index contributed by atoms with van der Waals surface area (Å²) in [5, 5.41) is 5.62. The van der Waals surface area contributed by atoms with Gasteiger partial charge in [0.05, 0.1) is 16.9 Å². The van der Waals surface area contributed by atoms with Crippen molar-refractivity contribution in [3.63, 3.8) is 0 Å². The van der Waals surface area contributed by atoms with Gasteiger partial charge in [-0.15, -0.1) is 22.7 Å². The first-order valence-corrected chi connectivity index (χ1v) is 9.48. The number of imide groups is 1. The van der Waals surface area contributed by atoms with Crippen LogP contribution < -0.4 is 5.43 Å². The molecule has 1 N–H and O–H groups in total. The standard InChI is InChI=1S/C17H14N4O3S2/c1-9-6-12(22)21(17(9)23)20-15-13-10(7-24-2)8-26-16(13)19-14(18-15)11-4-3-5-25-11/h3-6,8H,7H2,1-2H3,(H,18,19,20). The van der Waals surface area contributed by atoms with Crippen LogP contribution in [0.2, 0.25) is 0 Å². The minimum Gasteiger partial charge on any atom is -0.380 e. The molecule has 4 heterocycles. The highest BCUT2D eigenvalue weighted by molar-refractivity contribution is 7.17. The van der Waals surface area contributed by atoms with Crippen molar-refractivity contribution in [2.75, 3.05) is 12.5 Å². The molecular formula is C17H14N4O3S2. The summed E-state index contributed by atoms with van der Waals surface area (Å²) in [6.07, 6.45) is 1.30. The lowest BCUT2D eigenvalue weighted by molar-refractivity contribution is -0.135. The van der Waals surface area contributed by atoms with E-state index in [9.17, 15) is 9.59 Å². The van der Waals surface area contributed by atoms with Crippen molar-refractivity contribution in [3.8, 4) is 10.7 Å². The number of rotatable bonds is 5. The van der Waals surface area contributed by atoms with Crippen LogP contribution in [0.25, 0.3) is 20.9 Å². The first-order chi connectivity index (χ1) is 12.6. The number of hydrazine groups is 1. The number of anilines is 1. The maximum Gasteiger partial charge on any atom is 0.275 e.